The number of carbonyl (C=O) groups excluding carboxylic acids is 2. The van der Waals surface area contributed by atoms with Crippen LogP contribution in [0.15, 0.2) is 42.5 Å². The Hall–Kier alpha value is -3.07. The highest BCUT2D eigenvalue weighted by Gasteiger charge is 2.31. The van der Waals surface area contributed by atoms with Crippen molar-refractivity contribution in [1.29, 1.82) is 0 Å². The molecule has 1 heterocycles. The third-order valence-electron chi connectivity index (χ3n) is 5.36. The Morgan fingerprint density at radius 1 is 1.22 bits per heavy atom. The lowest BCUT2D eigenvalue weighted by Crippen LogP contribution is -2.37. The second-order valence-electron chi connectivity index (χ2n) is 8.02. The Kier molecular flexibility index (Phi) is 7.08. The van der Waals surface area contributed by atoms with Crippen molar-refractivity contribution in [3.63, 3.8) is 0 Å². The summed E-state index contributed by atoms with van der Waals surface area (Å²) in [5, 5.41) is 5.68. The minimum absolute atomic E-state index is 0.00150. The van der Waals surface area contributed by atoms with Gasteiger partial charge in [0.2, 0.25) is 10.0 Å². The highest BCUT2D eigenvalue weighted by atomic mass is 32.2. The second-order valence-corrected chi connectivity index (χ2v) is 9.93. The molecule has 0 saturated heterocycles. The van der Waals surface area contributed by atoms with E-state index in [0.717, 1.165) is 18.2 Å². The number of para-hydroxylation sites is 1. The quantitative estimate of drug-likeness (QED) is 0.691. The van der Waals surface area contributed by atoms with Gasteiger partial charge < -0.3 is 15.4 Å². The highest BCUT2D eigenvalue weighted by Crippen LogP contribution is 2.35. The molecular weight excluding hydrogens is 430 g/mol. The maximum Gasteiger partial charge on any atom is 0.265 e. The summed E-state index contributed by atoms with van der Waals surface area (Å²) in [5.74, 6) is -0.404. The molecule has 2 amide bonds. The van der Waals surface area contributed by atoms with Crippen molar-refractivity contribution in [3.8, 4) is 5.75 Å². The topological polar surface area (TPSA) is 105 Å². The van der Waals surface area contributed by atoms with Gasteiger partial charge in [0.05, 0.1) is 23.2 Å². The number of nitrogens with zero attached hydrogens (tertiary/aromatic N) is 1. The average Bonchev–Trinajstić information content (AvgIpc) is 2.93. The van der Waals surface area contributed by atoms with Crippen molar-refractivity contribution in [3.05, 3.63) is 53.6 Å². The molecule has 2 N–H and O–H groups in total. The number of hydrogen-bond donors (Lipinski definition) is 2. The van der Waals surface area contributed by atoms with E-state index in [-0.39, 0.29) is 24.9 Å². The number of benzene rings is 2. The van der Waals surface area contributed by atoms with Crippen molar-refractivity contribution >= 4 is 33.2 Å². The van der Waals surface area contributed by atoms with Crippen LogP contribution in [0.1, 0.15) is 42.6 Å². The van der Waals surface area contributed by atoms with Gasteiger partial charge in [-0.05, 0) is 50.1 Å². The van der Waals surface area contributed by atoms with Gasteiger partial charge in [0, 0.05) is 19.0 Å². The number of amides is 2. The predicted molar refractivity (Wildman–Crippen MR) is 125 cm³/mol. The molecule has 8 nitrogen and oxygen atoms in total. The number of rotatable bonds is 6. The summed E-state index contributed by atoms with van der Waals surface area (Å²) in [6, 6.07) is 11.9. The largest absolute Gasteiger partial charge is 0.478 e. The molecule has 0 fully saturated rings. The summed E-state index contributed by atoms with van der Waals surface area (Å²) in [5.41, 5.74) is 2.01. The van der Waals surface area contributed by atoms with Gasteiger partial charge in [0.15, 0.2) is 6.10 Å². The van der Waals surface area contributed by atoms with E-state index < -0.39 is 22.0 Å². The SMILES string of the molecule is CC[C@@H](C)NC(=O)c1ccccc1NC(=O)[C@@H]1CCN(S(C)(=O)=O)c2cc(C)ccc2O1. The third-order valence-corrected chi connectivity index (χ3v) is 6.54. The molecule has 1 aliphatic rings. The van der Waals surface area contributed by atoms with E-state index in [0.29, 0.717) is 22.7 Å². The smallest absolute Gasteiger partial charge is 0.265 e. The molecule has 0 unspecified atom stereocenters. The van der Waals surface area contributed by atoms with E-state index in [1.807, 2.05) is 20.8 Å². The Bertz CT molecular complexity index is 1120. The molecule has 0 spiro atoms. The summed E-state index contributed by atoms with van der Waals surface area (Å²) in [6.07, 6.45) is 1.15. The Morgan fingerprint density at radius 3 is 2.62 bits per heavy atom. The van der Waals surface area contributed by atoms with E-state index >= 15 is 0 Å². The molecular formula is C23H29N3O5S. The summed E-state index contributed by atoms with van der Waals surface area (Å²) < 4.78 is 31.9. The monoisotopic (exact) mass is 459 g/mol. The van der Waals surface area contributed by atoms with Gasteiger partial charge in [-0.15, -0.1) is 0 Å². The van der Waals surface area contributed by atoms with E-state index in [1.54, 1.807) is 42.5 Å². The zero-order chi connectivity index (χ0) is 23.5. The number of hydrogen-bond acceptors (Lipinski definition) is 5. The first-order valence-electron chi connectivity index (χ1n) is 10.6. The normalized spacial score (nSPS) is 16.9. The molecule has 3 rings (SSSR count). The number of aryl methyl sites for hydroxylation is 1. The lowest BCUT2D eigenvalue weighted by molar-refractivity contribution is -0.122. The lowest BCUT2D eigenvalue weighted by atomic mass is 10.1. The molecule has 0 aliphatic carbocycles. The molecule has 2 aromatic rings. The Balaban J connectivity index is 1.84. The molecule has 0 bridgehead atoms. The van der Waals surface area contributed by atoms with Gasteiger partial charge in [-0.1, -0.05) is 25.1 Å². The average molecular weight is 460 g/mol. The zero-order valence-corrected chi connectivity index (χ0v) is 19.5. The van der Waals surface area contributed by atoms with Crippen molar-refractivity contribution in [2.45, 2.75) is 45.8 Å². The van der Waals surface area contributed by atoms with Gasteiger partial charge in [-0.3, -0.25) is 13.9 Å². The number of carbonyl (C=O) groups is 2. The molecule has 9 heteroatoms. The predicted octanol–water partition coefficient (Wildman–Crippen LogP) is 3.08. The number of fused-ring (bicyclic) bond motifs is 1. The summed E-state index contributed by atoms with van der Waals surface area (Å²) in [7, 11) is -3.55. The fourth-order valence-electron chi connectivity index (χ4n) is 3.43. The Labute approximate surface area is 189 Å². The fourth-order valence-corrected chi connectivity index (χ4v) is 4.36. The number of sulfonamides is 1. The number of ether oxygens (including phenoxy) is 1. The summed E-state index contributed by atoms with van der Waals surface area (Å²) in [4.78, 5) is 25.7. The van der Waals surface area contributed by atoms with Crippen molar-refractivity contribution in [2.75, 3.05) is 22.4 Å². The Morgan fingerprint density at radius 2 is 1.94 bits per heavy atom. The number of anilines is 2. The third kappa shape index (κ3) is 5.40. The molecule has 0 aromatic heterocycles. The van der Waals surface area contributed by atoms with Crippen LogP contribution in [0.25, 0.3) is 0 Å². The maximum atomic E-state index is 13.1. The van der Waals surface area contributed by atoms with Crippen LogP contribution in [0.3, 0.4) is 0 Å². The molecule has 32 heavy (non-hydrogen) atoms. The molecule has 1 aliphatic heterocycles. The minimum Gasteiger partial charge on any atom is -0.478 e. The standard InChI is InChI=1S/C23H29N3O5S/c1-5-16(3)24-22(27)17-8-6-7-9-18(17)25-23(28)21-12-13-26(32(4,29)30)19-14-15(2)10-11-20(19)31-21/h6-11,14,16,21H,5,12-13H2,1-4H3,(H,24,27)(H,25,28)/t16-,21+/m1/s1. The molecule has 0 saturated carbocycles. The number of nitrogens with one attached hydrogen (secondary N) is 2. The zero-order valence-electron chi connectivity index (χ0n) is 18.7. The van der Waals surface area contributed by atoms with E-state index in [2.05, 4.69) is 10.6 Å². The molecule has 2 atom stereocenters. The summed E-state index contributed by atoms with van der Waals surface area (Å²) in [6.45, 7) is 5.84. The van der Waals surface area contributed by atoms with Crippen LogP contribution in [0.2, 0.25) is 0 Å². The van der Waals surface area contributed by atoms with Crippen LogP contribution in [-0.2, 0) is 14.8 Å². The van der Waals surface area contributed by atoms with Gasteiger partial charge in [-0.2, -0.15) is 0 Å². The van der Waals surface area contributed by atoms with E-state index in [4.69, 9.17) is 4.74 Å². The summed E-state index contributed by atoms with van der Waals surface area (Å²) >= 11 is 0. The first kappa shape index (κ1) is 23.6. The van der Waals surface area contributed by atoms with Crippen molar-refractivity contribution in [1.82, 2.24) is 5.32 Å². The first-order chi connectivity index (χ1) is 15.1. The van der Waals surface area contributed by atoms with Gasteiger partial charge in [-0.25, -0.2) is 8.42 Å². The van der Waals surface area contributed by atoms with Crippen LogP contribution < -0.4 is 19.7 Å². The van der Waals surface area contributed by atoms with E-state index in [1.165, 1.54) is 4.31 Å². The van der Waals surface area contributed by atoms with E-state index in [9.17, 15) is 18.0 Å². The van der Waals surface area contributed by atoms with Gasteiger partial charge in [0.25, 0.3) is 11.8 Å². The fraction of sp³-hybridized carbons (Fsp3) is 0.391. The van der Waals surface area contributed by atoms with Crippen LogP contribution in [0.5, 0.6) is 5.75 Å². The molecule has 0 radical (unpaired) electrons. The lowest BCUT2D eigenvalue weighted by Gasteiger charge is -2.21. The van der Waals surface area contributed by atoms with Crippen molar-refractivity contribution in [2.24, 2.45) is 0 Å². The first-order valence-corrected chi connectivity index (χ1v) is 12.4. The molecule has 2 aromatic carbocycles. The van der Waals surface area contributed by atoms with Gasteiger partial charge in [0.1, 0.15) is 5.75 Å². The molecule has 172 valence electrons. The highest BCUT2D eigenvalue weighted by molar-refractivity contribution is 7.92. The van der Waals surface area contributed by atoms with Crippen LogP contribution in [0.4, 0.5) is 11.4 Å². The van der Waals surface area contributed by atoms with Crippen molar-refractivity contribution < 1.29 is 22.7 Å². The van der Waals surface area contributed by atoms with Crippen LogP contribution >= 0.6 is 0 Å². The van der Waals surface area contributed by atoms with Crippen LogP contribution in [-0.4, -0.2) is 45.2 Å². The maximum absolute atomic E-state index is 13.1. The van der Waals surface area contributed by atoms with Crippen LogP contribution in [0, 0.1) is 6.92 Å². The second kappa shape index (κ2) is 9.60. The minimum atomic E-state index is -3.55. The van der Waals surface area contributed by atoms with Gasteiger partial charge >= 0.3 is 0 Å².